The summed E-state index contributed by atoms with van der Waals surface area (Å²) in [7, 11) is 0. The Balaban J connectivity index is 1.08. The second-order valence-electron chi connectivity index (χ2n) is 15.1. The lowest BCUT2D eigenvalue weighted by Gasteiger charge is -2.17. The molecule has 0 aliphatic rings. The van der Waals surface area contributed by atoms with Gasteiger partial charge in [0.1, 0.15) is 0 Å². The molecular formula is C56H36N6. The summed E-state index contributed by atoms with van der Waals surface area (Å²) in [6, 6.07) is 74.1. The van der Waals surface area contributed by atoms with Gasteiger partial charge in [-0.25, -0.2) is 29.9 Å². The maximum absolute atomic E-state index is 5.53. The molecule has 0 unspecified atom stereocenters. The fraction of sp³-hybridized carbons (Fsp3) is 0. The van der Waals surface area contributed by atoms with E-state index in [0.717, 1.165) is 112 Å². The summed E-state index contributed by atoms with van der Waals surface area (Å²) in [5.74, 6) is 0. The average Bonchev–Trinajstić information content (AvgIpc) is 3.36. The van der Waals surface area contributed by atoms with Crippen LogP contribution in [-0.4, -0.2) is 29.9 Å². The third-order valence-corrected chi connectivity index (χ3v) is 11.1. The number of para-hydroxylation sites is 4. The number of hydrogen-bond acceptors (Lipinski definition) is 6. The third-order valence-electron chi connectivity index (χ3n) is 11.1. The smallest absolute Gasteiger partial charge is 0.0973 e. The summed E-state index contributed by atoms with van der Waals surface area (Å²) >= 11 is 0. The highest BCUT2D eigenvalue weighted by Crippen LogP contribution is 2.40. The predicted octanol–water partition coefficient (Wildman–Crippen LogP) is 13.7. The van der Waals surface area contributed by atoms with Gasteiger partial charge < -0.3 is 0 Å². The number of nitrogens with zero attached hydrogens (tertiary/aromatic N) is 6. The normalized spacial score (nSPS) is 11.2. The Kier molecular flexibility index (Phi) is 9.41. The molecule has 0 N–H and O–H groups in total. The van der Waals surface area contributed by atoms with Crippen molar-refractivity contribution in [1.29, 1.82) is 0 Å². The molecule has 11 aromatic rings. The van der Waals surface area contributed by atoms with Crippen molar-refractivity contribution >= 4 is 22.1 Å². The van der Waals surface area contributed by atoms with Crippen molar-refractivity contribution in [2.75, 3.05) is 0 Å². The van der Waals surface area contributed by atoms with Crippen LogP contribution in [0.2, 0.25) is 0 Å². The van der Waals surface area contributed by atoms with Gasteiger partial charge in [-0.1, -0.05) is 194 Å². The highest BCUT2D eigenvalue weighted by molar-refractivity contribution is 5.91. The molecule has 6 heteroatoms. The zero-order valence-corrected chi connectivity index (χ0v) is 33.5. The molecule has 0 aliphatic heterocycles. The first-order valence-electron chi connectivity index (χ1n) is 20.6. The minimum Gasteiger partial charge on any atom is -0.244 e. The maximum atomic E-state index is 5.53. The van der Waals surface area contributed by atoms with Crippen molar-refractivity contribution in [2.45, 2.75) is 0 Å². The third kappa shape index (κ3) is 6.95. The SMILES string of the molecule is c1ccc(-c2nc(-c3ccc(-c4nc5ccccc5nc4-c4ccccc4)cc3)c(-c3ccc(-c4nc5ccccc5nc4-c4ccccc4)cc3)nc2-c2ccccc2)cc1. The summed E-state index contributed by atoms with van der Waals surface area (Å²) in [5.41, 5.74) is 17.6. The van der Waals surface area contributed by atoms with E-state index in [0.29, 0.717) is 0 Å². The number of fused-ring (bicyclic) bond motifs is 2. The lowest BCUT2D eigenvalue weighted by molar-refractivity contribution is 1.21. The van der Waals surface area contributed by atoms with E-state index in [1.54, 1.807) is 0 Å². The number of hydrogen-bond donors (Lipinski definition) is 0. The molecule has 6 nitrogen and oxygen atoms in total. The minimum absolute atomic E-state index is 0.770. The topological polar surface area (TPSA) is 77.3 Å². The van der Waals surface area contributed by atoms with Gasteiger partial charge in [0.25, 0.3) is 0 Å². The summed E-state index contributed by atoms with van der Waals surface area (Å²) in [4.78, 5) is 31.6. The van der Waals surface area contributed by atoms with Gasteiger partial charge in [0.2, 0.25) is 0 Å². The molecule has 0 aliphatic carbocycles. The van der Waals surface area contributed by atoms with Gasteiger partial charge in [0, 0.05) is 44.5 Å². The minimum atomic E-state index is 0.770. The Morgan fingerprint density at radius 1 is 0.145 bits per heavy atom. The van der Waals surface area contributed by atoms with E-state index in [-0.39, 0.29) is 0 Å². The van der Waals surface area contributed by atoms with Crippen LogP contribution in [0.3, 0.4) is 0 Å². The fourth-order valence-electron chi connectivity index (χ4n) is 8.00. The number of rotatable bonds is 8. The molecule has 0 spiro atoms. The van der Waals surface area contributed by atoms with Gasteiger partial charge in [-0.15, -0.1) is 0 Å². The fourth-order valence-corrected chi connectivity index (χ4v) is 8.00. The summed E-state index contributed by atoms with van der Waals surface area (Å²) in [5, 5.41) is 0. The molecule has 0 amide bonds. The largest absolute Gasteiger partial charge is 0.244 e. The zero-order chi connectivity index (χ0) is 41.2. The second-order valence-corrected chi connectivity index (χ2v) is 15.1. The van der Waals surface area contributed by atoms with Crippen LogP contribution in [0.15, 0.2) is 218 Å². The molecule has 3 aromatic heterocycles. The van der Waals surface area contributed by atoms with Crippen LogP contribution < -0.4 is 0 Å². The van der Waals surface area contributed by atoms with Gasteiger partial charge in [-0.3, -0.25) is 0 Å². The molecular weight excluding hydrogens is 757 g/mol. The van der Waals surface area contributed by atoms with Crippen LogP contribution in [0.1, 0.15) is 0 Å². The van der Waals surface area contributed by atoms with Crippen LogP contribution in [0, 0.1) is 0 Å². The first-order valence-corrected chi connectivity index (χ1v) is 20.6. The van der Waals surface area contributed by atoms with Crippen molar-refractivity contribution in [2.24, 2.45) is 0 Å². The van der Waals surface area contributed by atoms with Gasteiger partial charge in [-0.05, 0) is 24.3 Å². The number of benzene rings is 8. The first-order chi connectivity index (χ1) is 30.7. The first kappa shape index (κ1) is 36.6. The van der Waals surface area contributed by atoms with E-state index >= 15 is 0 Å². The predicted molar refractivity (Wildman–Crippen MR) is 252 cm³/mol. The number of aromatic nitrogens is 6. The molecule has 0 saturated heterocycles. The Hall–Kier alpha value is -8.48. The van der Waals surface area contributed by atoms with E-state index in [4.69, 9.17) is 29.9 Å². The maximum Gasteiger partial charge on any atom is 0.0973 e. The molecule has 11 rings (SSSR count). The molecule has 0 fully saturated rings. The van der Waals surface area contributed by atoms with Crippen molar-refractivity contribution in [3.63, 3.8) is 0 Å². The molecule has 62 heavy (non-hydrogen) atoms. The molecule has 290 valence electrons. The van der Waals surface area contributed by atoms with Gasteiger partial charge in [0.15, 0.2) is 0 Å². The molecule has 3 heterocycles. The van der Waals surface area contributed by atoms with E-state index in [9.17, 15) is 0 Å². The Labute approximate surface area is 359 Å². The van der Waals surface area contributed by atoms with Crippen molar-refractivity contribution < 1.29 is 0 Å². The highest BCUT2D eigenvalue weighted by Gasteiger charge is 2.21. The van der Waals surface area contributed by atoms with Crippen LogP contribution in [-0.2, 0) is 0 Å². The summed E-state index contributed by atoms with van der Waals surface area (Å²) < 4.78 is 0. The Morgan fingerprint density at radius 3 is 0.516 bits per heavy atom. The van der Waals surface area contributed by atoms with Gasteiger partial charge in [-0.2, -0.15) is 0 Å². The van der Waals surface area contributed by atoms with E-state index in [1.165, 1.54) is 0 Å². The van der Waals surface area contributed by atoms with E-state index < -0.39 is 0 Å². The van der Waals surface area contributed by atoms with Crippen LogP contribution >= 0.6 is 0 Å². The summed E-state index contributed by atoms with van der Waals surface area (Å²) in [6.45, 7) is 0. The van der Waals surface area contributed by atoms with Gasteiger partial charge >= 0.3 is 0 Å². The highest BCUT2D eigenvalue weighted by atomic mass is 14.9. The lowest BCUT2D eigenvalue weighted by Crippen LogP contribution is -2.01. The van der Waals surface area contributed by atoms with E-state index in [1.807, 2.05) is 121 Å². The zero-order valence-electron chi connectivity index (χ0n) is 33.5. The van der Waals surface area contributed by atoms with Crippen LogP contribution in [0.4, 0.5) is 0 Å². The van der Waals surface area contributed by atoms with Crippen LogP contribution in [0.25, 0.3) is 112 Å². The molecule has 8 aromatic carbocycles. The van der Waals surface area contributed by atoms with Crippen LogP contribution in [0.5, 0.6) is 0 Å². The Bertz CT molecular complexity index is 3130. The van der Waals surface area contributed by atoms with Crippen molar-refractivity contribution in [3.05, 3.63) is 218 Å². The molecule has 0 radical (unpaired) electrons. The van der Waals surface area contributed by atoms with E-state index in [2.05, 4.69) is 97.1 Å². The van der Waals surface area contributed by atoms with Crippen molar-refractivity contribution in [3.8, 4) is 90.1 Å². The lowest BCUT2D eigenvalue weighted by atomic mass is 9.96. The standard InChI is InChI=1S/C56H36N6/c1-5-17-37(18-6-1)49-51(59-47-27-15-13-25-45(47)57-49)41-29-33-43(34-30-41)55-56(62-54(40-23-11-4-12-24-40)53(61-55)39-21-9-3-10-22-39)44-35-31-42(32-36-44)52-50(38-19-7-2-8-20-38)58-46-26-14-16-28-48(46)60-52/h1-36H. The molecule has 0 bridgehead atoms. The summed E-state index contributed by atoms with van der Waals surface area (Å²) in [6.07, 6.45) is 0. The quantitative estimate of drug-likeness (QED) is 0.152. The molecule has 0 saturated carbocycles. The van der Waals surface area contributed by atoms with Crippen molar-refractivity contribution in [1.82, 2.24) is 29.9 Å². The average molecular weight is 793 g/mol. The monoisotopic (exact) mass is 792 g/mol. The molecule has 0 atom stereocenters. The second kappa shape index (κ2) is 15.9. The van der Waals surface area contributed by atoms with Gasteiger partial charge in [0.05, 0.1) is 67.6 Å². The Morgan fingerprint density at radius 2 is 0.306 bits per heavy atom.